The summed E-state index contributed by atoms with van der Waals surface area (Å²) in [7, 11) is 0. The molecule has 0 unspecified atom stereocenters. The number of nitrogens with one attached hydrogen (secondary N) is 1. The van der Waals surface area contributed by atoms with E-state index in [9.17, 15) is 8.78 Å². The lowest BCUT2D eigenvalue weighted by Crippen LogP contribution is -2.60. The summed E-state index contributed by atoms with van der Waals surface area (Å²) in [5, 5.41) is 3.90. The standard InChI is InChI=1S/C14H19ClF2N2/c1-2-19-14(6-13(7-14,8-16)9-17)11-4-3-10(15)5-12(11)18/h3-5,19H,2,6-9,18H2,1H3. The fourth-order valence-corrected chi connectivity index (χ4v) is 3.35. The van der Waals surface area contributed by atoms with Crippen LogP contribution in [0.25, 0.3) is 0 Å². The van der Waals surface area contributed by atoms with E-state index < -0.39 is 24.3 Å². The van der Waals surface area contributed by atoms with Crippen molar-refractivity contribution in [1.29, 1.82) is 0 Å². The van der Waals surface area contributed by atoms with E-state index in [1.165, 1.54) is 0 Å². The van der Waals surface area contributed by atoms with Crippen LogP contribution in [0.5, 0.6) is 0 Å². The average Bonchev–Trinajstić information content (AvgIpc) is 2.34. The van der Waals surface area contributed by atoms with Gasteiger partial charge in [-0.2, -0.15) is 0 Å². The average molecular weight is 289 g/mol. The first kappa shape index (κ1) is 14.5. The van der Waals surface area contributed by atoms with E-state index in [0.29, 0.717) is 23.6 Å². The summed E-state index contributed by atoms with van der Waals surface area (Å²) in [6.07, 6.45) is 0.847. The Morgan fingerprint density at radius 3 is 2.42 bits per heavy atom. The van der Waals surface area contributed by atoms with E-state index >= 15 is 0 Å². The largest absolute Gasteiger partial charge is 0.398 e. The number of hydrogen-bond donors (Lipinski definition) is 2. The third-order valence-electron chi connectivity index (χ3n) is 3.96. The van der Waals surface area contributed by atoms with E-state index in [4.69, 9.17) is 17.3 Å². The number of hydrogen-bond acceptors (Lipinski definition) is 2. The third kappa shape index (κ3) is 2.43. The monoisotopic (exact) mass is 288 g/mol. The Balaban J connectivity index is 2.32. The second-order valence-electron chi connectivity index (χ2n) is 5.46. The van der Waals surface area contributed by atoms with Gasteiger partial charge in [0.15, 0.2) is 0 Å². The fraction of sp³-hybridized carbons (Fsp3) is 0.571. The zero-order valence-electron chi connectivity index (χ0n) is 11.0. The topological polar surface area (TPSA) is 38.0 Å². The van der Waals surface area contributed by atoms with E-state index in [1.54, 1.807) is 12.1 Å². The van der Waals surface area contributed by atoms with E-state index in [1.807, 2.05) is 13.0 Å². The molecule has 1 aromatic rings. The molecule has 2 rings (SSSR count). The van der Waals surface area contributed by atoms with Crippen LogP contribution in [0.15, 0.2) is 18.2 Å². The lowest BCUT2D eigenvalue weighted by Gasteiger charge is -2.55. The van der Waals surface area contributed by atoms with Gasteiger partial charge in [-0.3, -0.25) is 8.78 Å². The Hall–Kier alpha value is -0.870. The van der Waals surface area contributed by atoms with Crippen LogP contribution in [0.4, 0.5) is 14.5 Å². The smallest absolute Gasteiger partial charge is 0.0977 e. The molecule has 1 fully saturated rings. The van der Waals surface area contributed by atoms with Crippen molar-refractivity contribution < 1.29 is 8.78 Å². The molecule has 19 heavy (non-hydrogen) atoms. The number of nitrogen functional groups attached to an aromatic ring is 1. The van der Waals surface area contributed by atoms with Crippen LogP contribution < -0.4 is 11.1 Å². The molecule has 2 nitrogen and oxygen atoms in total. The summed E-state index contributed by atoms with van der Waals surface area (Å²) in [6, 6.07) is 5.29. The highest BCUT2D eigenvalue weighted by atomic mass is 35.5. The second-order valence-corrected chi connectivity index (χ2v) is 5.90. The molecule has 0 atom stereocenters. The maximum absolute atomic E-state index is 13.0. The van der Waals surface area contributed by atoms with Gasteiger partial charge < -0.3 is 11.1 Å². The number of benzene rings is 1. The molecular formula is C14H19ClF2N2. The molecule has 1 aliphatic rings. The second kappa shape index (κ2) is 5.25. The summed E-state index contributed by atoms with van der Waals surface area (Å²) >= 11 is 5.90. The molecular weight excluding hydrogens is 270 g/mol. The molecule has 0 aliphatic heterocycles. The zero-order valence-corrected chi connectivity index (χ0v) is 11.7. The molecule has 0 amide bonds. The quantitative estimate of drug-likeness (QED) is 0.815. The number of alkyl halides is 2. The molecule has 0 heterocycles. The molecule has 1 aromatic carbocycles. The van der Waals surface area contributed by atoms with Crippen molar-refractivity contribution in [2.24, 2.45) is 5.41 Å². The minimum Gasteiger partial charge on any atom is -0.398 e. The lowest BCUT2D eigenvalue weighted by molar-refractivity contribution is -0.0389. The van der Waals surface area contributed by atoms with Crippen molar-refractivity contribution in [2.75, 3.05) is 25.6 Å². The maximum Gasteiger partial charge on any atom is 0.0977 e. The Kier molecular flexibility index (Phi) is 4.02. The fourth-order valence-electron chi connectivity index (χ4n) is 3.17. The number of nitrogens with two attached hydrogens (primary N) is 1. The predicted octanol–water partition coefficient (Wildman–Crippen LogP) is 3.45. The highest BCUT2D eigenvalue weighted by Crippen LogP contribution is 2.55. The molecule has 5 heteroatoms. The minimum atomic E-state index is -0.853. The van der Waals surface area contributed by atoms with E-state index in [2.05, 4.69) is 5.32 Å². The van der Waals surface area contributed by atoms with Crippen LogP contribution in [0, 0.1) is 5.41 Å². The first-order valence-electron chi connectivity index (χ1n) is 6.43. The van der Waals surface area contributed by atoms with Gasteiger partial charge in [-0.25, -0.2) is 0 Å². The van der Waals surface area contributed by atoms with Gasteiger partial charge in [-0.15, -0.1) is 0 Å². The van der Waals surface area contributed by atoms with Gasteiger partial charge >= 0.3 is 0 Å². The highest BCUT2D eigenvalue weighted by Gasteiger charge is 2.56. The van der Waals surface area contributed by atoms with Gasteiger partial charge in [0, 0.05) is 21.7 Å². The number of rotatable bonds is 5. The van der Waals surface area contributed by atoms with Gasteiger partial charge in [-0.05, 0) is 37.1 Å². The molecule has 3 N–H and O–H groups in total. The SMILES string of the molecule is CCNC1(c2ccc(Cl)cc2N)CC(CF)(CF)C1. The molecule has 0 saturated heterocycles. The predicted molar refractivity (Wildman–Crippen MR) is 74.8 cm³/mol. The van der Waals surface area contributed by atoms with Crippen molar-refractivity contribution in [3.63, 3.8) is 0 Å². The van der Waals surface area contributed by atoms with Gasteiger partial charge in [0.05, 0.1) is 13.3 Å². The summed E-state index contributed by atoms with van der Waals surface area (Å²) in [5.41, 5.74) is 6.18. The first-order chi connectivity index (χ1) is 9.01. The number of halogens is 3. The molecule has 1 saturated carbocycles. The van der Waals surface area contributed by atoms with Crippen LogP contribution in [0.1, 0.15) is 25.3 Å². The first-order valence-corrected chi connectivity index (χ1v) is 6.81. The van der Waals surface area contributed by atoms with E-state index in [0.717, 1.165) is 12.1 Å². The summed E-state index contributed by atoms with van der Waals surface area (Å²) < 4.78 is 26.1. The van der Waals surface area contributed by atoms with E-state index in [-0.39, 0.29) is 0 Å². The Labute approximate surface area is 117 Å². The van der Waals surface area contributed by atoms with Crippen LogP contribution in [-0.4, -0.2) is 19.9 Å². The normalized spacial score (nSPS) is 20.0. The van der Waals surface area contributed by atoms with Crippen LogP contribution >= 0.6 is 11.6 Å². The van der Waals surface area contributed by atoms with Crippen molar-refractivity contribution >= 4 is 17.3 Å². The molecule has 1 aliphatic carbocycles. The van der Waals surface area contributed by atoms with Gasteiger partial charge in [0.1, 0.15) is 0 Å². The zero-order chi connectivity index (χ0) is 14.1. The summed E-state index contributed by atoms with van der Waals surface area (Å²) in [5.74, 6) is 0. The summed E-state index contributed by atoms with van der Waals surface area (Å²) in [4.78, 5) is 0. The molecule has 0 aromatic heterocycles. The summed E-state index contributed by atoms with van der Waals surface area (Å²) in [6.45, 7) is 1.42. The van der Waals surface area contributed by atoms with Gasteiger partial charge in [-0.1, -0.05) is 24.6 Å². The van der Waals surface area contributed by atoms with Crippen LogP contribution in [0.2, 0.25) is 5.02 Å². The van der Waals surface area contributed by atoms with Gasteiger partial charge in [0.2, 0.25) is 0 Å². The van der Waals surface area contributed by atoms with Crippen molar-refractivity contribution in [3.8, 4) is 0 Å². The minimum absolute atomic E-state index is 0.423. The Bertz CT molecular complexity index is 453. The molecule has 0 radical (unpaired) electrons. The van der Waals surface area contributed by atoms with Crippen molar-refractivity contribution in [1.82, 2.24) is 5.32 Å². The van der Waals surface area contributed by atoms with Crippen molar-refractivity contribution in [3.05, 3.63) is 28.8 Å². The molecule has 106 valence electrons. The third-order valence-corrected chi connectivity index (χ3v) is 4.20. The molecule has 0 bridgehead atoms. The number of anilines is 1. The van der Waals surface area contributed by atoms with Gasteiger partial charge in [0.25, 0.3) is 0 Å². The Morgan fingerprint density at radius 2 is 1.95 bits per heavy atom. The maximum atomic E-state index is 13.0. The highest BCUT2D eigenvalue weighted by molar-refractivity contribution is 6.30. The molecule has 0 spiro atoms. The van der Waals surface area contributed by atoms with Crippen LogP contribution in [0.3, 0.4) is 0 Å². The van der Waals surface area contributed by atoms with Crippen molar-refractivity contribution in [2.45, 2.75) is 25.3 Å². The Morgan fingerprint density at radius 1 is 1.32 bits per heavy atom. The lowest BCUT2D eigenvalue weighted by atomic mass is 9.55. The van der Waals surface area contributed by atoms with Crippen LogP contribution in [-0.2, 0) is 5.54 Å².